The van der Waals surface area contributed by atoms with Gasteiger partial charge in [0, 0.05) is 12.5 Å². The molecule has 2 aliphatic rings. The summed E-state index contributed by atoms with van der Waals surface area (Å²) in [4.78, 5) is 10.9. The zero-order valence-electron chi connectivity index (χ0n) is 6.88. The van der Waals surface area contributed by atoms with E-state index in [2.05, 4.69) is 0 Å². The summed E-state index contributed by atoms with van der Waals surface area (Å²) in [6, 6.07) is 0. The zero-order chi connectivity index (χ0) is 7.84. The Morgan fingerprint density at radius 2 is 2.36 bits per heavy atom. The third-order valence-electron chi connectivity index (χ3n) is 2.80. The standard InChI is InChI=1S/C9H14O2/c1-6(10)7-5-8(7)9-3-2-4-11-9/h7-9H,2-5H2,1H3. The topological polar surface area (TPSA) is 26.3 Å². The summed E-state index contributed by atoms with van der Waals surface area (Å²) in [6.45, 7) is 2.60. The van der Waals surface area contributed by atoms with Gasteiger partial charge in [-0.05, 0) is 32.1 Å². The van der Waals surface area contributed by atoms with Crippen molar-refractivity contribution in [3.8, 4) is 0 Å². The average molecular weight is 154 g/mol. The van der Waals surface area contributed by atoms with Crippen LogP contribution >= 0.6 is 0 Å². The zero-order valence-corrected chi connectivity index (χ0v) is 6.88. The van der Waals surface area contributed by atoms with E-state index in [-0.39, 0.29) is 0 Å². The van der Waals surface area contributed by atoms with Crippen LogP contribution < -0.4 is 0 Å². The van der Waals surface area contributed by atoms with Crippen LogP contribution in [0.1, 0.15) is 26.2 Å². The molecular weight excluding hydrogens is 140 g/mol. The predicted octanol–water partition coefficient (Wildman–Crippen LogP) is 1.39. The van der Waals surface area contributed by atoms with Gasteiger partial charge in [-0.3, -0.25) is 4.79 Å². The highest BCUT2D eigenvalue weighted by Gasteiger charge is 2.47. The molecule has 0 spiro atoms. The van der Waals surface area contributed by atoms with E-state index in [4.69, 9.17) is 4.74 Å². The second-order valence-electron chi connectivity index (χ2n) is 3.67. The summed E-state index contributed by atoms with van der Waals surface area (Å²) in [5.41, 5.74) is 0. The molecule has 2 heteroatoms. The van der Waals surface area contributed by atoms with Crippen molar-refractivity contribution in [3.05, 3.63) is 0 Å². The van der Waals surface area contributed by atoms with E-state index < -0.39 is 0 Å². The van der Waals surface area contributed by atoms with Crippen LogP contribution in [-0.4, -0.2) is 18.5 Å². The fourth-order valence-electron chi connectivity index (χ4n) is 2.03. The number of hydrogen-bond donors (Lipinski definition) is 0. The van der Waals surface area contributed by atoms with Crippen LogP contribution in [0.3, 0.4) is 0 Å². The molecule has 3 atom stereocenters. The molecule has 11 heavy (non-hydrogen) atoms. The molecule has 0 aromatic heterocycles. The van der Waals surface area contributed by atoms with Crippen LogP contribution in [-0.2, 0) is 9.53 Å². The van der Waals surface area contributed by atoms with E-state index >= 15 is 0 Å². The minimum absolute atomic E-state index is 0.345. The monoisotopic (exact) mass is 154 g/mol. The molecule has 2 nitrogen and oxygen atoms in total. The summed E-state index contributed by atoms with van der Waals surface area (Å²) >= 11 is 0. The highest BCUT2D eigenvalue weighted by atomic mass is 16.5. The van der Waals surface area contributed by atoms with Crippen LogP contribution in [0.25, 0.3) is 0 Å². The van der Waals surface area contributed by atoms with E-state index in [1.54, 1.807) is 6.92 Å². The van der Waals surface area contributed by atoms with Gasteiger partial charge >= 0.3 is 0 Å². The van der Waals surface area contributed by atoms with Gasteiger partial charge < -0.3 is 4.74 Å². The maximum Gasteiger partial charge on any atom is 0.133 e. The summed E-state index contributed by atoms with van der Waals surface area (Å²) in [6.07, 6.45) is 3.86. The molecule has 0 aromatic carbocycles. The smallest absolute Gasteiger partial charge is 0.133 e. The molecule has 0 radical (unpaired) electrons. The van der Waals surface area contributed by atoms with Crippen LogP contribution in [0.4, 0.5) is 0 Å². The Bertz CT molecular complexity index is 170. The van der Waals surface area contributed by atoms with Crippen molar-refractivity contribution in [1.82, 2.24) is 0 Å². The normalized spacial score (nSPS) is 42.5. The third-order valence-corrected chi connectivity index (χ3v) is 2.80. The van der Waals surface area contributed by atoms with Crippen LogP contribution in [0, 0.1) is 11.8 Å². The van der Waals surface area contributed by atoms with Crippen LogP contribution in [0.15, 0.2) is 0 Å². The molecule has 1 aliphatic heterocycles. The number of hydrogen-bond acceptors (Lipinski definition) is 2. The SMILES string of the molecule is CC(=O)C1CC1C1CCCO1. The van der Waals surface area contributed by atoms with E-state index in [9.17, 15) is 4.79 Å². The second kappa shape index (κ2) is 2.59. The Morgan fingerprint density at radius 3 is 2.82 bits per heavy atom. The average Bonchev–Trinajstić information content (AvgIpc) is 2.60. The lowest BCUT2D eigenvalue weighted by atomic mass is 10.1. The van der Waals surface area contributed by atoms with E-state index in [0.717, 1.165) is 13.0 Å². The van der Waals surface area contributed by atoms with Crippen molar-refractivity contribution < 1.29 is 9.53 Å². The lowest BCUT2D eigenvalue weighted by Gasteiger charge is -2.06. The van der Waals surface area contributed by atoms with Gasteiger partial charge in [0.15, 0.2) is 0 Å². The number of Topliss-reactive ketones (excluding diaryl/α,β-unsaturated/α-hetero) is 1. The Morgan fingerprint density at radius 1 is 1.55 bits per heavy atom. The van der Waals surface area contributed by atoms with Gasteiger partial charge in [-0.1, -0.05) is 0 Å². The van der Waals surface area contributed by atoms with Gasteiger partial charge in [0.25, 0.3) is 0 Å². The molecule has 0 amide bonds. The van der Waals surface area contributed by atoms with Gasteiger partial charge in [0.1, 0.15) is 5.78 Å². The van der Waals surface area contributed by atoms with E-state index in [0.29, 0.717) is 23.7 Å². The van der Waals surface area contributed by atoms with Crippen molar-refractivity contribution in [3.63, 3.8) is 0 Å². The first kappa shape index (κ1) is 7.29. The highest BCUT2D eigenvalue weighted by Crippen LogP contribution is 2.45. The molecule has 1 saturated heterocycles. The van der Waals surface area contributed by atoms with Crippen molar-refractivity contribution >= 4 is 5.78 Å². The first-order valence-corrected chi connectivity index (χ1v) is 4.41. The van der Waals surface area contributed by atoms with Crippen molar-refractivity contribution in [2.75, 3.05) is 6.61 Å². The molecular formula is C9H14O2. The number of ketones is 1. The maximum atomic E-state index is 10.9. The molecule has 2 rings (SSSR count). The van der Waals surface area contributed by atoms with Crippen molar-refractivity contribution in [2.45, 2.75) is 32.3 Å². The van der Waals surface area contributed by atoms with Gasteiger partial charge in [-0.2, -0.15) is 0 Å². The van der Waals surface area contributed by atoms with Crippen LogP contribution in [0.5, 0.6) is 0 Å². The molecule has 0 bridgehead atoms. The van der Waals surface area contributed by atoms with Crippen molar-refractivity contribution in [1.29, 1.82) is 0 Å². The molecule has 0 N–H and O–H groups in total. The number of rotatable bonds is 2. The largest absolute Gasteiger partial charge is 0.378 e. The van der Waals surface area contributed by atoms with E-state index in [1.807, 2.05) is 0 Å². The second-order valence-corrected chi connectivity index (χ2v) is 3.67. The summed E-state index contributed by atoms with van der Waals surface area (Å²) in [5.74, 6) is 1.28. The fraction of sp³-hybridized carbons (Fsp3) is 0.889. The molecule has 1 aliphatic carbocycles. The quantitative estimate of drug-likeness (QED) is 0.600. The Kier molecular flexibility index (Phi) is 1.72. The first-order valence-electron chi connectivity index (χ1n) is 4.41. The lowest BCUT2D eigenvalue weighted by molar-refractivity contribution is -0.118. The number of ether oxygens (including phenoxy) is 1. The molecule has 3 unspecified atom stereocenters. The predicted molar refractivity (Wildman–Crippen MR) is 41.3 cm³/mol. The molecule has 2 fully saturated rings. The first-order chi connectivity index (χ1) is 5.29. The number of carbonyl (C=O) groups excluding carboxylic acids is 1. The maximum absolute atomic E-state index is 10.9. The highest BCUT2D eigenvalue weighted by molar-refractivity contribution is 5.81. The van der Waals surface area contributed by atoms with Gasteiger partial charge in [0.2, 0.25) is 0 Å². The summed E-state index contributed by atoms with van der Waals surface area (Å²) in [7, 11) is 0. The molecule has 0 aromatic rings. The van der Waals surface area contributed by atoms with Gasteiger partial charge in [-0.15, -0.1) is 0 Å². The summed E-state index contributed by atoms with van der Waals surface area (Å²) in [5, 5.41) is 0. The minimum atomic E-state index is 0.345. The fourth-order valence-corrected chi connectivity index (χ4v) is 2.03. The lowest BCUT2D eigenvalue weighted by Crippen LogP contribution is -2.11. The third kappa shape index (κ3) is 1.32. The Labute approximate surface area is 66.9 Å². The number of carbonyl (C=O) groups is 1. The van der Waals surface area contributed by atoms with Crippen LogP contribution in [0.2, 0.25) is 0 Å². The van der Waals surface area contributed by atoms with Crippen molar-refractivity contribution in [2.24, 2.45) is 11.8 Å². The molecule has 62 valence electrons. The minimum Gasteiger partial charge on any atom is -0.378 e. The Hall–Kier alpha value is -0.370. The van der Waals surface area contributed by atoms with Gasteiger partial charge in [-0.25, -0.2) is 0 Å². The molecule has 1 saturated carbocycles. The summed E-state index contributed by atoms with van der Waals surface area (Å²) < 4.78 is 5.51. The van der Waals surface area contributed by atoms with E-state index in [1.165, 1.54) is 12.8 Å². The molecule has 1 heterocycles. The Balaban J connectivity index is 1.85. The van der Waals surface area contributed by atoms with Gasteiger partial charge in [0.05, 0.1) is 6.10 Å².